The van der Waals surface area contributed by atoms with E-state index in [2.05, 4.69) is 37.1 Å². The minimum atomic E-state index is 0.632. The van der Waals surface area contributed by atoms with E-state index in [-0.39, 0.29) is 0 Å². The number of hydrogen-bond donors (Lipinski definition) is 1. The Bertz CT molecular complexity index is 562. The molecule has 0 spiro atoms. The van der Waals surface area contributed by atoms with Crippen molar-refractivity contribution in [1.29, 1.82) is 0 Å². The fraction of sp³-hybridized carbons (Fsp3) is 0.312. The molecule has 0 aliphatic rings. The van der Waals surface area contributed by atoms with Crippen molar-refractivity contribution in [3.8, 4) is 11.6 Å². The van der Waals surface area contributed by atoms with Crippen molar-refractivity contribution in [1.82, 2.24) is 10.3 Å². The van der Waals surface area contributed by atoms with E-state index in [9.17, 15) is 0 Å². The van der Waals surface area contributed by atoms with Gasteiger partial charge < -0.3 is 10.1 Å². The Kier molecular flexibility index (Phi) is 4.17. The third-order valence-electron chi connectivity index (χ3n) is 3.16. The lowest BCUT2D eigenvalue weighted by Gasteiger charge is -2.11. The second-order valence-electron chi connectivity index (χ2n) is 4.84. The molecule has 19 heavy (non-hydrogen) atoms. The van der Waals surface area contributed by atoms with Crippen LogP contribution in [0.2, 0.25) is 0 Å². The molecule has 0 aliphatic carbocycles. The molecule has 0 aliphatic heterocycles. The predicted octanol–water partition coefficient (Wildman–Crippen LogP) is 3.52. The van der Waals surface area contributed by atoms with Crippen LogP contribution in [0.25, 0.3) is 0 Å². The van der Waals surface area contributed by atoms with Crippen LogP contribution in [-0.2, 0) is 6.54 Å². The Balaban J connectivity index is 2.21. The van der Waals surface area contributed by atoms with Gasteiger partial charge in [-0.15, -0.1) is 0 Å². The van der Waals surface area contributed by atoms with E-state index in [1.54, 1.807) is 0 Å². The molecular formula is C16H20N2O. The van der Waals surface area contributed by atoms with Crippen LogP contribution in [0.15, 0.2) is 30.5 Å². The summed E-state index contributed by atoms with van der Waals surface area (Å²) in [6, 6.07) is 8.14. The van der Waals surface area contributed by atoms with Crippen LogP contribution < -0.4 is 10.1 Å². The van der Waals surface area contributed by atoms with Crippen LogP contribution in [0.3, 0.4) is 0 Å². The fourth-order valence-corrected chi connectivity index (χ4v) is 2.00. The van der Waals surface area contributed by atoms with Gasteiger partial charge in [0, 0.05) is 18.8 Å². The van der Waals surface area contributed by atoms with E-state index in [4.69, 9.17) is 4.74 Å². The van der Waals surface area contributed by atoms with Crippen molar-refractivity contribution in [2.75, 3.05) is 7.05 Å². The van der Waals surface area contributed by atoms with Crippen LogP contribution in [0.1, 0.15) is 22.3 Å². The molecule has 0 atom stereocenters. The second kappa shape index (κ2) is 5.85. The molecule has 0 fully saturated rings. The number of nitrogens with one attached hydrogen (secondary N) is 1. The zero-order valence-electron chi connectivity index (χ0n) is 11.9. The van der Waals surface area contributed by atoms with E-state index in [0.717, 1.165) is 23.4 Å². The number of rotatable bonds is 4. The molecule has 0 saturated heterocycles. The molecular weight excluding hydrogens is 236 g/mol. The quantitative estimate of drug-likeness (QED) is 0.908. The summed E-state index contributed by atoms with van der Waals surface area (Å²) in [5, 5.41) is 3.10. The number of ether oxygens (including phenoxy) is 1. The highest BCUT2D eigenvalue weighted by Gasteiger charge is 2.06. The van der Waals surface area contributed by atoms with Crippen molar-refractivity contribution in [2.45, 2.75) is 27.3 Å². The average molecular weight is 256 g/mol. The van der Waals surface area contributed by atoms with Gasteiger partial charge in [0.2, 0.25) is 5.88 Å². The Morgan fingerprint density at radius 1 is 1.16 bits per heavy atom. The summed E-state index contributed by atoms with van der Waals surface area (Å²) in [6.45, 7) is 7.05. The number of pyridine rings is 1. The van der Waals surface area contributed by atoms with Gasteiger partial charge in [0.05, 0.1) is 0 Å². The van der Waals surface area contributed by atoms with Gasteiger partial charge >= 0.3 is 0 Å². The molecule has 1 heterocycles. The van der Waals surface area contributed by atoms with Gasteiger partial charge in [-0.1, -0.05) is 12.1 Å². The van der Waals surface area contributed by atoms with Crippen LogP contribution in [0.4, 0.5) is 0 Å². The molecule has 3 heteroatoms. The molecule has 1 N–H and O–H groups in total. The smallest absolute Gasteiger partial charge is 0.219 e. The van der Waals surface area contributed by atoms with Crippen molar-refractivity contribution < 1.29 is 4.74 Å². The number of aromatic nitrogens is 1. The van der Waals surface area contributed by atoms with Crippen LogP contribution in [0, 0.1) is 20.8 Å². The molecule has 1 aromatic carbocycles. The SMILES string of the molecule is CNCc1ccc(Oc2cc(C)cc(C)c2C)nc1. The van der Waals surface area contributed by atoms with Crippen molar-refractivity contribution in [2.24, 2.45) is 0 Å². The maximum Gasteiger partial charge on any atom is 0.219 e. The highest BCUT2D eigenvalue weighted by Crippen LogP contribution is 2.27. The molecule has 2 rings (SSSR count). The van der Waals surface area contributed by atoms with E-state index in [1.165, 1.54) is 11.1 Å². The first-order valence-corrected chi connectivity index (χ1v) is 6.45. The van der Waals surface area contributed by atoms with E-state index >= 15 is 0 Å². The molecule has 0 unspecified atom stereocenters. The molecule has 1 aromatic heterocycles. The Labute approximate surface area is 114 Å². The van der Waals surface area contributed by atoms with Crippen molar-refractivity contribution in [3.05, 3.63) is 52.7 Å². The molecule has 0 amide bonds. The molecule has 100 valence electrons. The van der Waals surface area contributed by atoms with Gasteiger partial charge in [-0.3, -0.25) is 0 Å². The Morgan fingerprint density at radius 2 is 1.95 bits per heavy atom. The summed E-state index contributed by atoms with van der Waals surface area (Å²) in [7, 11) is 1.92. The van der Waals surface area contributed by atoms with E-state index in [1.807, 2.05) is 31.4 Å². The van der Waals surface area contributed by atoms with Gasteiger partial charge in [0.15, 0.2) is 0 Å². The lowest BCUT2D eigenvalue weighted by atomic mass is 10.1. The number of aryl methyl sites for hydroxylation is 2. The van der Waals surface area contributed by atoms with Gasteiger partial charge in [-0.05, 0) is 56.1 Å². The lowest BCUT2D eigenvalue weighted by molar-refractivity contribution is 0.458. The maximum absolute atomic E-state index is 5.87. The van der Waals surface area contributed by atoms with E-state index < -0.39 is 0 Å². The average Bonchev–Trinajstić information content (AvgIpc) is 2.38. The zero-order valence-corrected chi connectivity index (χ0v) is 11.9. The summed E-state index contributed by atoms with van der Waals surface area (Å²) in [5.74, 6) is 1.51. The van der Waals surface area contributed by atoms with Gasteiger partial charge in [0.25, 0.3) is 0 Å². The minimum Gasteiger partial charge on any atom is -0.439 e. The van der Waals surface area contributed by atoms with Gasteiger partial charge in [0.1, 0.15) is 5.75 Å². The standard InChI is InChI=1S/C16H20N2O/c1-11-7-12(2)13(3)15(8-11)19-16-6-5-14(9-17-4)10-18-16/h5-8,10,17H,9H2,1-4H3. The van der Waals surface area contributed by atoms with Crippen LogP contribution in [0.5, 0.6) is 11.6 Å². The third-order valence-corrected chi connectivity index (χ3v) is 3.16. The topological polar surface area (TPSA) is 34.1 Å². The van der Waals surface area contributed by atoms with Gasteiger partial charge in [-0.25, -0.2) is 4.98 Å². The summed E-state index contributed by atoms with van der Waals surface area (Å²) >= 11 is 0. The first-order valence-electron chi connectivity index (χ1n) is 6.45. The Morgan fingerprint density at radius 3 is 2.58 bits per heavy atom. The minimum absolute atomic E-state index is 0.632. The molecule has 3 nitrogen and oxygen atoms in total. The molecule has 0 saturated carbocycles. The number of benzene rings is 1. The molecule has 2 aromatic rings. The van der Waals surface area contributed by atoms with Crippen molar-refractivity contribution in [3.63, 3.8) is 0 Å². The summed E-state index contributed by atoms with van der Waals surface area (Å²) in [4.78, 5) is 4.33. The second-order valence-corrected chi connectivity index (χ2v) is 4.84. The fourth-order valence-electron chi connectivity index (χ4n) is 2.00. The van der Waals surface area contributed by atoms with Crippen molar-refractivity contribution >= 4 is 0 Å². The molecule has 0 radical (unpaired) electrons. The van der Waals surface area contributed by atoms with Gasteiger partial charge in [-0.2, -0.15) is 0 Å². The largest absolute Gasteiger partial charge is 0.439 e. The first-order chi connectivity index (χ1) is 9.10. The highest BCUT2D eigenvalue weighted by molar-refractivity contribution is 5.43. The Hall–Kier alpha value is -1.87. The monoisotopic (exact) mass is 256 g/mol. The summed E-state index contributed by atoms with van der Waals surface area (Å²) in [6.07, 6.45) is 1.84. The molecule has 0 bridgehead atoms. The number of hydrogen-bond acceptors (Lipinski definition) is 3. The van der Waals surface area contributed by atoms with Crippen LogP contribution >= 0.6 is 0 Å². The van der Waals surface area contributed by atoms with E-state index in [0.29, 0.717) is 5.88 Å². The summed E-state index contributed by atoms with van der Waals surface area (Å²) in [5.41, 5.74) is 4.74. The zero-order chi connectivity index (χ0) is 13.8. The predicted molar refractivity (Wildman–Crippen MR) is 77.7 cm³/mol. The normalized spacial score (nSPS) is 10.5. The lowest BCUT2D eigenvalue weighted by Crippen LogP contribution is -2.05. The number of nitrogens with zero attached hydrogens (tertiary/aromatic N) is 1. The highest BCUT2D eigenvalue weighted by atomic mass is 16.5. The maximum atomic E-state index is 5.87. The first kappa shape index (κ1) is 13.6. The summed E-state index contributed by atoms with van der Waals surface area (Å²) < 4.78 is 5.87. The van der Waals surface area contributed by atoms with Crippen LogP contribution in [-0.4, -0.2) is 12.0 Å². The third kappa shape index (κ3) is 3.32.